The monoisotopic (exact) mass is 442 g/mol. The fraction of sp³-hybridized carbons (Fsp3) is 0. The van der Waals surface area contributed by atoms with Crippen molar-refractivity contribution in [1.29, 1.82) is 0 Å². The molecule has 0 unspecified atom stereocenters. The molecule has 106 valence electrons. The highest BCUT2D eigenvalue weighted by Gasteiger charge is 2.20. The van der Waals surface area contributed by atoms with E-state index in [0.717, 1.165) is 3.57 Å². The Morgan fingerprint density at radius 1 is 1.05 bits per heavy atom. The van der Waals surface area contributed by atoms with Gasteiger partial charge >= 0.3 is 0 Å². The molecule has 0 bridgehead atoms. The molecule has 0 saturated carbocycles. The Hall–Kier alpha value is -0.700. The fourth-order valence-electron chi connectivity index (χ4n) is 1.48. The lowest BCUT2D eigenvalue weighted by Crippen LogP contribution is -2.14. The Bertz CT molecular complexity index is 749. The normalized spacial score (nSPS) is 11.3. The van der Waals surface area contributed by atoms with Gasteiger partial charge in [0, 0.05) is 9.26 Å². The Labute approximate surface area is 140 Å². The number of hydrogen-bond acceptors (Lipinski definition) is 3. The van der Waals surface area contributed by atoms with E-state index >= 15 is 0 Å². The molecule has 3 N–H and O–H groups in total. The molecule has 0 aliphatic rings. The molecule has 2 aromatic rings. The summed E-state index contributed by atoms with van der Waals surface area (Å²) >= 11 is 13.9. The summed E-state index contributed by atoms with van der Waals surface area (Å²) in [4.78, 5) is -0.111. The minimum atomic E-state index is -3.82. The van der Waals surface area contributed by atoms with Gasteiger partial charge in [0.15, 0.2) is 0 Å². The second-order valence-electron chi connectivity index (χ2n) is 3.89. The maximum Gasteiger partial charge on any atom is 0.263 e. The maximum absolute atomic E-state index is 12.3. The number of rotatable bonds is 3. The molecular formula is C12H9Cl2IN2O2S. The summed E-state index contributed by atoms with van der Waals surface area (Å²) in [5.74, 6) is 0. The van der Waals surface area contributed by atoms with Crippen molar-refractivity contribution in [1.82, 2.24) is 0 Å². The number of halogens is 3. The Morgan fingerprint density at radius 3 is 2.25 bits per heavy atom. The number of sulfonamides is 1. The van der Waals surface area contributed by atoms with Crippen LogP contribution in [-0.2, 0) is 10.0 Å². The molecule has 4 nitrogen and oxygen atoms in total. The molecule has 0 radical (unpaired) electrons. The Kier molecular flexibility index (Phi) is 4.68. The summed E-state index contributed by atoms with van der Waals surface area (Å²) in [6.45, 7) is 0. The van der Waals surface area contributed by atoms with E-state index < -0.39 is 10.0 Å². The van der Waals surface area contributed by atoms with Gasteiger partial charge in [-0.05, 0) is 59.0 Å². The second kappa shape index (κ2) is 5.97. The maximum atomic E-state index is 12.3. The third-order valence-electron chi connectivity index (χ3n) is 2.48. The molecule has 20 heavy (non-hydrogen) atoms. The molecular weight excluding hydrogens is 434 g/mol. The van der Waals surface area contributed by atoms with Gasteiger partial charge in [-0.25, -0.2) is 8.42 Å². The molecule has 0 spiro atoms. The van der Waals surface area contributed by atoms with Crippen LogP contribution in [0, 0.1) is 3.57 Å². The number of benzene rings is 2. The van der Waals surface area contributed by atoms with Crippen LogP contribution in [0.1, 0.15) is 0 Å². The van der Waals surface area contributed by atoms with Crippen molar-refractivity contribution in [2.24, 2.45) is 0 Å². The smallest absolute Gasteiger partial charge is 0.263 e. The van der Waals surface area contributed by atoms with E-state index in [9.17, 15) is 8.42 Å². The second-order valence-corrected chi connectivity index (χ2v) is 7.57. The average Bonchev–Trinajstić information content (AvgIpc) is 2.38. The van der Waals surface area contributed by atoms with Gasteiger partial charge in [-0.3, -0.25) is 4.72 Å². The van der Waals surface area contributed by atoms with Crippen LogP contribution in [0.5, 0.6) is 0 Å². The fourth-order valence-corrected chi connectivity index (χ4v) is 3.67. The highest BCUT2D eigenvalue weighted by molar-refractivity contribution is 14.1. The molecule has 0 amide bonds. The highest BCUT2D eigenvalue weighted by Crippen LogP contribution is 2.33. The topological polar surface area (TPSA) is 72.2 Å². The third kappa shape index (κ3) is 3.30. The van der Waals surface area contributed by atoms with Crippen LogP contribution >= 0.6 is 45.8 Å². The molecule has 0 saturated heterocycles. The first kappa shape index (κ1) is 15.7. The van der Waals surface area contributed by atoms with Crippen LogP contribution in [0.2, 0.25) is 10.0 Å². The largest absolute Gasteiger partial charge is 0.396 e. The van der Waals surface area contributed by atoms with Crippen LogP contribution in [0.15, 0.2) is 41.3 Å². The first-order valence-corrected chi connectivity index (χ1v) is 8.65. The van der Waals surface area contributed by atoms with E-state index in [0.29, 0.717) is 5.69 Å². The molecule has 2 aromatic carbocycles. The average molecular weight is 443 g/mol. The van der Waals surface area contributed by atoms with Crippen LogP contribution in [0.4, 0.5) is 11.4 Å². The zero-order valence-corrected chi connectivity index (χ0v) is 14.4. The molecule has 8 heteroatoms. The van der Waals surface area contributed by atoms with Gasteiger partial charge in [0.1, 0.15) is 4.90 Å². The van der Waals surface area contributed by atoms with Gasteiger partial charge < -0.3 is 5.73 Å². The lowest BCUT2D eigenvalue weighted by molar-refractivity contribution is 0.601. The highest BCUT2D eigenvalue weighted by atomic mass is 127. The Balaban J connectivity index is 2.41. The Morgan fingerprint density at radius 2 is 1.65 bits per heavy atom. The van der Waals surface area contributed by atoms with E-state index in [2.05, 4.69) is 27.3 Å². The minimum Gasteiger partial charge on any atom is -0.396 e. The summed E-state index contributed by atoms with van der Waals surface area (Å²) in [5.41, 5.74) is 6.12. The predicted molar refractivity (Wildman–Crippen MR) is 90.8 cm³/mol. The van der Waals surface area contributed by atoms with E-state index in [1.165, 1.54) is 12.1 Å². The van der Waals surface area contributed by atoms with Gasteiger partial charge in [-0.15, -0.1) is 0 Å². The zero-order chi connectivity index (χ0) is 14.9. The standard InChI is InChI=1S/C12H9Cl2IN2O2S/c13-9-5-6-10(11(14)12(9)16)20(18,19)17-8-3-1-7(15)2-4-8/h1-6,17H,16H2. The van der Waals surface area contributed by atoms with Crippen molar-refractivity contribution < 1.29 is 8.42 Å². The van der Waals surface area contributed by atoms with Gasteiger partial charge in [-0.1, -0.05) is 23.2 Å². The minimum absolute atomic E-state index is 0.0406. The number of nitrogens with two attached hydrogens (primary N) is 1. The summed E-state index contributed by atoms with van der Waals surface area (Å²) in [6, 6.07) is 9.60. The molecule has 0 aliphatic heterocycles. The van der Waals surface area contributed by atoms with E-state index in [4.69, 9.17) is 28.9 Å². The van der Waals surface area contributed by atoms with Crippen molar-refractivity contribution in [2.75, 3.05) is 10.5 Å². The van der Waals surface area contributed by atoms with Crippen molar-refractivity contribution >= 4 is 67.2 Å². The third-order valence-corrected chi connectivity index (χ3v) is 5.47. The molecule has 0 aromatic heterocycles. The summed E-state index contributed by atoms with van der Waals surface area (Å²) < 4.78 is 28.0. The van der Waals surface area contributed by atoms with Crippen LogP contribution in [-0.4, -0.2) is 8.42 Å². The summed E-state index contributed by atoms with van der Waals surface area (Å²) in [7, 11) is -3.82. The first-order valence-electron chi connectivity index (χ1n) is 5.33. The van der Waals surface area contributed by atoms with Crippen molar-refractivity contribution in [3.05, 3.63) is 50.0 Å². The van der Waals surface area contributed by atoms with Crippen molar-refractivity contribution in [3.63, 3.8) is 0 Å². The van der Waals surface area contributed by atoms with Crippen LogP contribution in [0.3, 0.4) is 0 Å². The van der Waals surface area contributed by atoms with Crippen LogP contribution in [0.25, 0.3) is 0 Å². The predicted octanol–water partition coefficient (Wildman–Crippen LogP) is 3.98. The van der Waals surface area contributed by atoms with Gasteiger partial charge in [0.25, 0.3) is 10.0 Å². The van der Waals surface area contributed by atoms with Crippen molar-refractivity contribution in [3.8, 4) is 0 Å². The van der Waals surface area contributed by atoms with Gasteiger partial charge in [0.05, 0.1) is 15.7 Å². The molecule has 2 rings (SSSR count). The number of nitrogen functional groups attached to an aromatic ring is 1. The number of nitrogens with one attached hydrogen (secondary N) is 1. The van der Waals surface area contributed by atoms with Gasteiger partial charge in [-0.2, -0.15) is 0 Å². The first-order chi connectivity index (χ1) is 9.31. The summed E-state index contributed by atoms with van der Waals surface area (Å²) in [5, 5.41) is 0.124. The van der Waals surface area contributed by atoms with E-state index in [1.807, 2.05) is 0 Å². The quantitative estimate of drug-likeness (QED) is 0.557. The lowest BCUT2D eigenvalue weighted by atomic mass is 10.3. The zero-order valence-electron chi connectivity index (χ0n) is 9.90. The van der Waals surface area contributed by atoms with E-state index in [-0.39, 0.29) is 20.6 Å². The molecule has 0 heterocycles. The summed E-state index contributed by atoms with van der Waals surface area (Å²) in [6.07, 6.45) is 0. The lowest BCUT2D eigenvalue weighted by Gasteiger charge is -2.11. The van der Waals surface area contributed by atoms with E-state index in [1.54, 1.807) is 24.3 Å². The molecule has 0 fully saturated rings. The van der Waals surface area contributed by atoms with Crippen LogP contribution < -0.4 is 10.5 Å². The SMILES string of the molecule is Nc1c(Cl)ccc(S(=O)(=O)Nc2ccc(I)cc2)c1Cl. The number of hydrogen-bond donors (Lipinski definition) is 2. The molecule has 0 atom stereocenters. The van der Waals surface area contributed by atoms with Crippen molar-refractivity contribution in [2.45, 2.75) is 4.90 Å². The number of anilines is 2. The molecule has 0 aliphatic carbocycles. The van der Waals surface area contributed by atoms with Gasteiger partial charge in [0.2, 0.25) is 0 Å².